The largest absolute Gasteiger partial charge is 0.379 e. The molecule has 0 saturated carbocycles. The zero-order valence-corrected chi connectivity index (χ0v) is 17.3. The number of imide groups is 1. The zero-order valence-electron chi connectivity index (χ0n) is 17.3. The van der Waals surface area contributed by atoms with Crippen molar-refractivity contribution in [2.45, 2.75) is 39.7 Å². The van der Waals surface area contributed by atoms with Gasteiger partial charge in [0.25, 0.3) is 5.91 Å². The lowest BCUT2D eigenvalue weighted by molar-refractivity contribution is -0.147. The molecule has 1 aromatic rings. The Hall–Kier alpha value is -2.52. The minimum atomic E-state index is -0.506. The van der Waals surface area contributed by atoms with Crippen LogP contribution in [0.25, 0.3) is 6.08 Å². The number of carbonyl (C=O) groups excluding carboxylic acids is 3. The van der Waals surface area contributed by atoms with E-state index in [1.54, 1.807) is 12.4 Å². The smallest absolute Gasteiger partial charge is 0.277 e. The Morgan fingerprint density at radius 3 is 2.66 bits per heavy atom. The molecule has 2 aliphatic rings. The Morgan fingerprint density at radius 1 is 1.28 bits per heavy atom. The van der Waals surface area contributed by atoms with Gasteiger partial charge in [-0.25, -0.2) is 4.98 Å². The molecule has 0 unspecified atom stereocenters. The van der Waals surface area contributed by atoms with E-state index in [1.807, 2.05) is 0 Å². The SMILES string of the molecule is CC(=O)N1CC(=O)N/C(=C\c2ncn(CCCN3CCOCC3)c2C(C)C)C1=O. The van der Waals surface area contributed by atoms with E-state index in [0.29, 0.717) is 5.69 Å². The fourth-order valence-corrected chi connectivity index (χ4v) is 3.71. The predicted molar refractivity (Wildman–Crippen MR) is 107 cm³/mol. The summed E-state index contributed by atoms with van der Waals surface area (Å²) in [5, 5.41) is 2.57. The molecule has 0 radical (unpaired) electrons. The number of amides is 3. The van der Waals surface area contributed by atoms with Crippen LogP contribution in [-0.2, 0) is 25.7 Å². The molecule has 29 heavy (non-hydrogen) atoms. The lowest BCUT2D eigenvalue weighted by Gasteiger charge is -2.26. The molecule has 2 fully saturated rings. The number of nitrogens with zero attached hydrogens (tertiary/aromatic N) is 4. The van der Waals surface area contributed by atoms with Crippen LogP contribution in [0.4, 0.5) is 0 Å². The Kier molecular flexibility index (Phi) is 6.81. The van der Waals surface area contributed by atoms with Crippen molar-refractivity contribution >= 4 is 23.8 Å². The molecule has 3 amide bonds. The van der Waals surface area contributed by atoms with Crippen LogP contribution in [-0.4, -0.2) is 76.5 Å². The van der Waals surface area contributed by atoms with Crippen LogP contribution in [0.3, 0.4) is 0 Å². The number of rotatable bonds is 6. The number of morpholine rings is 1. The van der Waals surface area contributed by atoms with Crippen molar-refractivity contribution in [3.05, 3.63) is 23.4 Å². The molecule has 2 saturated heterocycles. The van der Waals surface area contributed by atoms with Crippen LogP contribution in [0.2, 0.25) is 0 Å². The number of nitrogens with one attached hydrogen (secondary N) is 1. The third-order valence-corrected chi connectivity index (χ3v) is 5.14. The quantitative estimate of drug-likeness (QED) is 0.698. The second-order valence-electron chi connectivity index (χ2n) is 7.69. The van der Waals surface area contributed by atoms with Crippen molar-refractivity contribution in [2.24, 2.45) is 0 Å². The summed E-state index contributed by atoms with van der Waals surface area (Å²) in [5.41, 5.74) is 1.72. The summed E-state index contributed by atoms with van der Waals surface area (Å²) >= 11 is 0. The van der Waals surface area contributed by atoms with Gasteiger partial charge in [0.15, 0.2) is 0 Å². The van der Waals surface area contributed by atoms with Gasteiger partial charge in [-0.3, -0.25) is 24.2 Å². The number of hydrogen-bond donors (Lipinski definition) is 1. The number of ether oxygens (including phenoxy) is 1. The molecule has 0 bridgehead atoms. The fourth-order valence-electron chi connectivity index (χ4n) is 3.71. The predicted octanol–water partition coefficient (Wildman–Crippen LogP) is 0.575. The first-order chi connectivity index (χ1) is 13.9. The number of aromatic nitrogens is 2. The van der Waals surface area contributed by atoms with E-state index in [9.17, 15) is 14.4 Å². The molecule has 0 aromatic carbocycles. The van der Waals surface area contributed by atoms with Gasteiger partial charge < -0.3 is 14.6 Å². The minimum absolute atomic E-state index is 0.0805. The average molecular weight is 403 g/mol. The van der Waals surface area contributed by atoms with Crippen LogP contribution in [0.5, 0.6) is 0 Å². The minimum Gasteiger partial charge on any atom is -0.379 e. The van der Waals surface area contributed by atoms with Gasteiger partial charge in [0.2, 0.25) is 11.8 Å². The summed E-state index contributed by atoms with van der Waals surface area (Å²) < 4.78 is 7.49. The molecule has 0 atom stereocenters. The van der Waals surface area contributed by atoms with Crippen molar-refractivity contribution in [1.29, 1.82) is 0 Å². The molecule has 9 nitrogen and oxygen atoms in total. The van der Waals surface area contributed by atoms with Crippen molar-refractivity contribution in [3.63, 3.8) is 0 Å². The number of imidazole rings is 1. The molecule has 9 heteroatoms. The second kappa shape index (κ2) is 9.32. The molecular weight excluding hydrogens is 374 g/mol. The van der Waals surface area contributed by atoms with Gasteiger partial charge in [-0.05, 0) is 18.4 Å². The third kappa shape index (κ3) is 5.10. The number of piperazine rings is 1. The second-order valence-corrected chi connectivity index (χ2v) is 7.69. The van der Waals surface area contributed by atoms with Crippen LogP contribution < -0.4 is 5.32 Å². The van der Waals surface area contributed by atoms with Gasteiger partial charge in [0.1, 0.15) is 12.2 Å². The van der Waals surface area contributed by atoms with Crippen LogP contribution >= 0.6 is 0 Å². The summed E-state index contributed by atoms with van der Waals surface area (Å²) in [5.74, 6) is -1.16. The highest BCUT2D eigenvalue weighted by molar-refractivity contribution is 6.12. The molecule has 1 N–H and O–H groups in total. The normalized spacial score (nSPS) is 19.9. The van der Waals surface area contributed by atoms with E-state index in [2.05, 4.69) is 33.6 Å². The zero-order chi connectivity index (χ0) is 21.0. The average Bonchev–Trinajstić information content (AvgIpc) is 3.07. The lowest BCUT2D eigenvalue weighted by atomic mass is 10.1. The molecule has 0 aliphatic carbocycles. The van der Waals surface area contributed by atoms with Gasteiger partial charge in [-0.15, -0.1) is 0 Å². The van der Waals surface area contributed by atoms with Crippen LogP contribution in [0, 0.1) is 0 Å². The maximum Gasteiger partial charge on any atom is 0.277 e. The van der Waals surface area contributed by atoms with Crippen molar-refractivity contribution in [3.8, 4) is 0 Å². The van der Waals surface area contributed by atoms with Gasteiger partial charge >= 0.3 is 0 Å². The van der Waals surface area contributed by atoms with E-state index in [-0.39, 0.29) is 24.1 Å². The van der Waals surface area contributed by atoms with E-state index in [4.69, 9.17) is 4.74 Å². The number of aryl methyl sites for hydroxylation is 1. The topological polar surface area (TPSA) is 96.8 Å². The van der Waals surface area contributed by atoms with Crippen LogP contribution in [0.15, 0.2) is 12.0 Å². The molecule has 2 aliphatic heterocycles. The molecule has 158 valence electrons. The summed E-state index contributed by atoms with van der Waals surface area (Å²) in [7, 11) is 0. The summed E-state index contributed by atoms with van der Waals surface area (Å²) in [6.45, 7) is 10.5. The Bertz CT molecular complexity index is 808. The highest BCUT2D eigenvalue weighted by Gasteiger charge is 2.31. The van der Waals surface area contributed by atoms with Gasteiger partial charge in [0, 0.05) is 38.8 Å². The Balaban J connectivity index is 1.75. The van der Waals surface area contributed by atoms with Gasteiger partial charge in [-0.1, -0.05) is 13.8 Å². The van der Waals surface area contributed by atoms with Crippen molar-refractivity contribution in [1.82, 2.24) is 24.7 Å². The first-order valence-corrected chi connectivity index (χ1v) is 10.1. The number of carbonyl (C=O) groups is 3. The van der Waals surface area contributed by atoms with E-state index in [0.717, 1.165) is 56.4 Å². The molecule has 3 heterocycles. The van der Waals surface area contributed by atoms with Gasteiger partial charge in [0.05, 0.1) is 25.2 Å². The Morgan fingerprint density at radius 2 is 2.00 bits per heavy atom. The monoisotopic (exact) mass is 403 g/mol. The van der Waals surface area contributed by atoms with Crippen molar-refractivity contribution < 1.29 is 19.1 Å². The Labute approximate surface area is 170 Å². The highest BCUT2D eigenvalue weighted by Crippen LogP contribution is 2.22. The number of hydrogen-bond acceptors (Lipinski definition) is 6. The molecule has 0 spiro atoms. The first kappa shape index (κ1) is 21.2. The maximum absolute atomic E-state index is 12.5. The molecular formula is C20H29N5O4. The lowest BCUT2D eigenvalue weighted by Crippen LogP contribution is -2.51. The van der Waals surface area contributed by atoms with Crippen LogP contribution in [0.1, 0.15) is 44.5 Å². The first-order valence-electron chi connectivity index (χ1n) is 10.1. The van der Waals surface area contributed by atoms with E-state index < -0.39 is 11.8 Å². The standard InChI is InChI=1S/C20H29N5O4/c1-14(2)19-16(11-17-20(28)25(15(3)26)12-18(27)22-17)21-13-24(19)6-4-5-23-7-9-29-10-8-23/h11,13-14H,4-10,12H2,1-3H3,(H,22,27)/b17-11-. The highest BCUT2D eigenvalue weighted by atomic mass is 16.5. The molecule has 1 aromatic heterocycles. The van der Waals surface area contributed by atoms with E-state index in [1.165, 1.54) is 6.92 Å². The summed E-state index contributed by atoms with van der Waals surface area (Å²) in [6, 6.07) is 0. The fraction of sp³-hybridized carbons (Fsp3) is 0.600. The van der Waals surface area contributed by atoms with Gasteiger partial charge in [-0.2, -0.15) is 0 Å². The summed E-state index contributed by atoms with van der Waals surface area (Å²) in [6.07, 6.45) is 4.34. The van der Waals surface area contributed by atoms with E-state index >= 15 is 0 Å². The van der Waals surface area contributed by atoms with Crippen molar-refractivity contribution in [2.75, 3.05) is 39.4 Å². The maximum atomic E-state index is 12.5. The molecule has 3 rings (SSSR count). The third-order valence-electron chi connectivity index (χ3n) is 5.14. The summed E-state index contributed by atoms with van der Waals surface area (Å²) in [4.78, 5) is 43.9.